The van der Waals surface area contributed by atoms with E-state index in [4.69, 9.17) is 9.47 Å². The molecule has 0 unspecified atom stereocenters. The van der Waals surface area contributed by atoms with Crippen LogP contribution in [-0.4, -0.2) is 33.1 Å². The zero-order chi connectivity index (χ0) is 18.9. The van der Waals surface area contributed by atoms with Crippen LogP contribution < -0.4 is 13.8 Å². The molecule has 0 aliphatic carbocycles. The molecule has 8 nitrogen and oxygen atoms in total. The van der Waals surface area contributed by atoms with Crippen molar-refractivity contribution in [3.05, 3.63) is 52.1 Å². The largest absolute Gasteiger partial charge is 0.486 e. The SMILES string of the molecule is CCN(c1ccc2c(c1)OCCO2)S(=O)(=O)c1cc([N+](=O)[O-])ccc1C. The van der Waals surface area contributed by atoms with Crippen molar-refractivity contribution < 1.29 is 22.8 Å². The molecule has 0 N–H and O–H groups in total. The first-order valence-corrected chi connectivity index (χ1v) is 9.46. The topological polar surface area (TPSA) is 99.0 Å². The molecule has 2 aromatic rings. The molecule has 3 rings (SSSR count). The van der Waals surface area contributed by atoms with Gasteiger partial charge in [-0.1, -0.05) is 6.07 Å². The molecule has 0 fully saturated rings. The number of fused-ring (bicyclic) bond motifs is 1. The lowest BCUT2D eigenvalue weighted by Crippen LogP contribution is -2.31. The van der Waals surface area contributed by atoms with Crippen LogP contribution in [0.15, 0.2) is 41.3 Å². The van der Waals surface area contributed by atoms with Gasteiger partial charge in [-0.25, -0.2) is 8.42 Å². The second-order valence-corrected chi connectivity index (χ2v) is 7.54. The molecule has 0 aromatic heterocycles. The van der Waals surface area contributed by atoms with E-state index in [1.165, 1.54) is 16.4 Å². The molecule has 0 atom stereocenters. The van der Waals surface area contributed by atoms with Gasteiger partial charge in [0, 0.05) is 24.7 Å². The number of nitro benzene ring substituents is 1. The maximum Gasteiger partial charge on any atom is 0.270 e. The van der Waals surface area contributed by atoms with Crippen LogP contribution in [0.5, 0.6) is 11.5 Å². The Hall–Kier alpha value is -2.81. The highest BCUT2D eigenvalue weighted by molar-refractivity contribution is 7.92. The van der Waals surface area contributed by atoms with Gasteiger partial charge >= 0.3 is 0 Å². The summed E-state index contributed by atoms with van der Waals surface area (Å²) in [6.07, 6.45) is 0. The van der Waals surface area contributed by atoms with Crippen molar-refractivity contribution >= 4 is 21.4 Å². The van der Waals surface area contributed by atoms with Gasteiger partial charge in [0.2, 0.25) is 0 Å². The number of rotatable bonds is 5. The molecule has 9 heteroatoms. The third kappa shape index (κ3) is 3.17. The highest BCUT2D eigenvalue weighted by atomic mass is 32.2. The third-order valence-corrected chi connectivity index (χ3v) is 6.10. The van der Waals surface area contributed by atoms with Gasteiger partial charge in [-0.3, -0.25) is 14.4 Å². The Labute approximate surface area is 151 Å². The van der Waals surface area contributed by atoms with Gasteiger partial charge in [-0.15, -0.1) is 0 Å². The number of benzene rings is 2. The van der Waals surface area contributed by atoms with Crippen LogP contribution in [0.1, 0.15) is 12.5 Å². The highest BCUT2D eigenvalue weighted by Gasteiger charge is 2.28. The minimum Gasteiger partial charge on any atom is -0.486 e. The molecule has 0 bridgehead atoms. The van der Waals surface area contributed by atoms with Crippen molar-refractivity contribution in [2.24, 2.45) is 0 Å². The average molecular weight is 378 g/mol. The first-order valence-electron chi connectivity index (χ1n) is 8.02. The molecular formula is C17H18N2O6S. The molecular weight excluding hydrogens is 360 g/mol. The number of anilines is 1. The summed E-state index contributed by atoms with van der Waals surface area (Å²) in [5, 5.41) is 11.0. The van der Waals surface area contributed by atoms with E-state index < -0.39 is 14.9 Å². The van der Waals surface area contributed by atoms with Crippen molar-refractivity contribution in [1.82, 2.24) is 0 Å². The van der Waals surface area contributed by atoms with E-state index in [-0.39, 0.29) is 17.1 Å². The number of hydrogen-bond acceptors (Lipinski definition) is 6. The summed E-state index contributed by atoms with van der Waals surface area (Å²) in [5.41, 5.74) is 0.571. The van der Waals surface area contributed by atoms with Crippen molar-refractivity contribution in [3.8, 4) is 11.5 Å². The zero-order valence-corrected chi connectivity index (χ0v) is 15.2. The van der Waals surface area contributed by atoms with Gasteiger partial charge in [-0.05, 0) is 31.5 Å². The Morgan fingerprint density at radius 1 is 1.12 bits per heavy atom. The number of aryl methyl sites for hydroxylation is 1. The quantitative estimate of drug-likeness (QED) is 0.586. The fraction of sp³-hybridized carbons (Fsp3) is 0.294. The van der Waals surface area contributed by atoms with Gasteiger partial charge in [0.25, 0.3) is 15.7 Å². The molecule has 0 spiro atoms. The Bertz CT molecular complexity index is 958. The van der Waals surface area contributed by atoms with Gasteiger partial charge in [-0.2, -0.15) is 0 Å². The lowest BCUT2D eigenvalue weighted by atomic mass is 10.2. The molecule has 1 aliphatic rings. The first-order chi connectivity index (χ1) is 12.3. The van der Waals surface area contributed by atoms with Crippen molar-refractivity contribution in [1.29, 1.82) is 0 Å². The fourth-order valence-corrected chi connectivity index (χ4v) is 4.49. The molecule has 26 heavy (non-hydrogen) atoms. The number of nitro groups is 1. The van der Waals surface area contributed by atoms with Crippen LogP contribution in [0.2, 0.25) is 0 Å². The fourth-order valence-electron chi connectivity index (χ4n) is 2.78. The predicted molar refractivity (Wildman–Crippen MR) is 95.5 cm³/mol. The molecule has 0 saturated heterocycles. The smallest absolute Gasteiger partial charge is 0.270 e. The van der Waals surface area contributed by atoms with Crippen molar-refractivity contribution in [2.75, 3.05) is 24.1 Å². The number of sulfonamides is 1. The Balaban J connectivity index is 2.07. The Morgan fingerprint density at radius 2 is 1.81 bits per heavy atom. The van der Waals surface area contributed by atoms with Gasteiger partial charge in [0.15, 0.2) is 11.5 Å². The normalized spacial score (nSPS) is 13.3. The van der Waals surface area contributed by atoms with E-state index >= 15 is 0 Å². The second-order valence-electron chi connectivity index (χ2n) is 5.70. The van der Waals surface area contributed by atoms with Gasteiger partial charge in [0.05, 0.1) is 15.5 Å². The summed E-state index contributed by atoms with van der Waals surface area (Å²) >= 11 is 0. The minimum absolute atomic E-state index is 0.0940. The maximum atomic E-state index is 13.2. The van der Waals surface area contributed by atoms with Crippen LogP contribution >= 0.6 is 0 Å². The summed E-state index contributed by atoms with van der Waals surface area (Å²) < 4.78 is 38.5. The molecule has 2 aromatic carbocycles. The van der Waals surface area contributed by atoms with E-state index in [1.807, 2.05) is 0 Å². The lowest BCUT2D eigenvalue weighted by Gasteiger charge is -2.26. The highest BCUT2D eigenvalue weighted by Crippen LogP contribution is 2.36. The summed E-state index contributed by atoms with van der Waals surface area (Å²) in [6.45, 7) is 4.29. The molecule has 1 aliphatic heterocycles. The minimum atomic E-state index is -3.98. The van der Waals surface area contributed by atoms with E-state index in [0.29, 0.717) is 36.0 Å². The average Bonchev–Trinajstić information content (AvgIpc) is 2.62. The van der Waals surface area contributed by atoms with E-state index in [0.717, 1.165) is 6.07 Å². The Kier molecular flexibility index (Phi) is 4.73. The van der Waals surface area contributed by atoms with E-state index in [2.05, 4.69) is 0 Å². The predicted octanol–water partition coefficient (Wildman–Crippen LogP) is 2.89. The van der Waals surface area contributed by atoms with Crippen LogP contribution in [0.4, 0.5) is 11.4 Å². The summed E-state index contributed by atoms with van der Waals surface area (Å²) in [6, 6.07) is 8.69. The number of non-ortho nitro benzene ring substituents is 1. The second kappa shape index (κ2) is 6.83. The van der Waals surface area contributed by atoms with Crippen LogP contribution in [0, 0.1) is 17.0 Å². The number of nitrogens with zero attached hydrogens (tertiary/aromatic N) is 2. The molecule has 0 saturated carbocycles. The number of hydrogen-bond donors (Lipinski definition) is 0. The van der Waals surface area contributed by atoms with Crippen LogP contribution in [-0.2, 0) is 10.0 Å². The molecule has 0 amide bonds. The lowest BCUT2D eigenvalue weighted by molar-refractivity contribution is -0.385. The van der Waals surface area contributed by atoms with Gasteiger partial charge < -0.3 is 9.47 Å². The maximum absolute atomic E-state index is 13.2. The summed E-state index contributed by atoms with van der Waals surface area (Å²) in [4.78, 5) is 10.3. The molecule has 138 valence electrons. The van der Waals surface area contributed by atoms with E-state index in [1.54, 1.807) is 32.0 Å². The monoisotopic (exact) mass is 378 g/mol. The zero-order valence-electron chi connectivity index (χ0n) is 14.3. The third-order valence-electron chi connectivity index (χ3n) is 4.05. The van der Waals surface area contributed by atoms with E-state index in [9.17, 15) is 18.5 Å². The standard InChI is InChI=1S/C17H18N2O6S/c1-3-18(13-6-7-15-16(10-13)25-9-8-24-15)26(22,23)17-11-14(19(20)21)5-4-12(17)2/h4-7,10-11H,3,8-9H2,1-2H3. The summed E-state index contributed by atoms with van der Waals surface area (Å²) in [5.74, 6) is 1.03. The Morgan fingerprint density at radius 3 is 2.46 bits per heavy atom. The van der Waals surface area contributed by atoms with Crippen LogP contribution in [0.25, 0.3) is 0 Å². The van der Waals surface area contributed by atoms with Crippen molar-refractivity contribution in [3.63, 3.8) is 0 Å². The molecule has 0 radical (unpaired) electrons. The number of ether oxygens (including phenoxy) is 2. The van der Waals surface area contributed by atoms with Crippen LogP contribution in [0.3, 0.4) is 0 Å². The molecule has 1 heterocycles. The summed E-state index contributed by atoms with van der Waals surface area (Å²) in [7, 11) is -3.98. The van der Waals surface area contributed by atoms with Gasteiger partial charge in [0.1, 0.15) is 13.2 Å². The first kappa shape index (κ1) is 18.0. The van der Waals surface area contributed by atoms with Crippen molar-refractivity contribution in [2.45, 2.75) is 18.7 Å².